The maximum atomic E-state index is 12.6. The van der Waals surface area contributed by atoms with Gasteiger partial charge in [-0.3, -0.25) is 19.8 Å². The Morgan fingerprint density at radius 1 is 0.525 bits per heavy atom. The van der Waals surface area contributed by atoms with Crippen molar-refractivity contribution in [3.63, 3.8) is 0 Å². The first-order chi connectivity index (χ1) is 29.6. The molecule has 15 nitrogen and oxygen atoms in total. The van der Waals surface area contributed by atoms with Gasteiger partial charge in [0.1, 0.15) is 6.29 Å². The van der Waals surface area contributed by atoms with Gasteiger partial charge in [0, 0.05) is 25.3 Å². The van der Waals surface area contributed by atoms with Gasteiger partial charge < -0.3 is 37.9 Å². The lowest BCUT2D eigenvalue weighted by molar-refractivity contribution is -0.132. The van der Waals surface area contributed by atoms with E-state index in [2.05, 4.69) is 16.0 Å². The highest BCUT2D eigenvalue weighted by molar-refractivity contribution is 5.89. The average molecular weight is 835 g/mol. The summed E-state index contributed by atoms with van der Waals surface area (Å²) in [4.78, 5) is 34.7. The monoisotopic (exact) mass is 834 g/mol. The zero-order chi connectivity index (χ0) is 44.3. The van der Waals surface area contributed by atoms with E-state index in [1.165, 1.54) is 63.1 Å². The summed E-state index contributed by atoms with van der Waals surface area (Å²) in [7, 11) is 12.1. The van der Waals surface area contributed by atoms with Crippen LogP contribution in [0.15, 0.2) is 114 Å². The number of amides is 2. The molecule has 6 aromatic carbocycles. The highest BCUT2D eigenvalue weighted by atomic mass is 16.5. The fourth-order valence-electron chi connectivity index (χ4n) is 6.18. The number of nitrogens with two attached hydrogens (primary N) is 1. The van der Waals surface area contributed by atoms with Crippen LogP contribution in [0.1, 0.15) is 39.3 Å². The van der Waals surface area contributed by atoms with Crippen molar-refractivity contribution in [2.45, 2.75) is 12.2 Å². The molecule has 0 saturated carbocycles. The van der Waals surface area contributed by atoms with Crippen LogP contribution in [-0.4, -0.2) is 81.2 Å². The van der Waals surface area contributed by atoms with Crippen LogP contribution >= 0.6 is 0 Å². The van der Waals surface area contributed by atoms with Crippen LogP contribution in [0.5, 0.6) is 34.5 Å². The molecule has 2 unspecified atom stereocenters. The first-order valence-corrected chi connectivity index (χ1v) is 18.5. The van der Waals surface area contributed by atoms with E-state index in [0.717, 1.165) is 39.0 Å². The molecule has 61 heavy (non-hydrogen) atoms. The van der Waals surface area contributed by atoms with Gasteiger partial charge in [0.25, 0.3) is 11.8 Å². The van der Waals surface area contributed by atoms with Crippen molar-refractivity contribution in [2.75, 3.05) is 56.9 Å². The molecule has 0 saturated heterocycles. The molecule has 320 valence electrons. The van der Waals surface area contributed by atoms with Gasteiger partial charge in [0.15, 0.2) is 35.2 Å². The van der Waals surface area contributed by atoms with E-state index in [-0.39, 0.29) is 11.8 Å². The van der Waals surface area contributed by atoms with Gasteiger partial charge in [0.05, 0.1) is 48.9 Å². The number of rotatable bonds is 15. The second-order valence-corrected chi connectivity index (χ2v) is 12.7. The Balaban J connectivity index is 0.000000223. The number of nitrogens with one attached hydrogen (secondary N) is 2. The minimum atomic E-state index is -0.785. The normalized spacial score (nSPS) is 11.5. The van der Waals surface area contributed by atoms with Crippen molar-refractivity contribution in [1.29, 1.82) is 0 Å². The molecule has 0 fully saturated rings. The summed E-state index contributed by atoms with van der Waals surface area (Å²) in [5.41, 5.74) is 7.31. The molecule has 0 heterocycles. The quantitative estimate of drug-likeness (QED) is 0.0326. The fraction of sp³-hybridized carbons (Fsp3) is 0.217. The lowest BCUT2D eigenvalue weighted by Crippen LogP contribution is -2.35. The summed E-state index contributed by atoms with van der Waals surface area (Å²) in [6.07, 6.45) is 0.760. The van der Waals surface area contributed by atoms with Crippen molar-refractivity contribution in [2.24, 2.45) is 10.9 Å². The van der Waals surface area contributed by atoms with Gasteiger partial charge in [-0.05, 0) is 69.1 Å². The molecule has 0 bridgehead atoms. The Morgan fingerprint density at radius 3 is 1.28 bits per heavy atom. The predicted octanol–water partition coefficient (Wildman–Crippen LogP) is 6.75. The van der Waals surface area contributed by atoms with Crippen molar-refractivity contribution in [3.8, 4) is 34.5 Å². The van der Waals surface area contributed by atoms with Crippen LogP contribution in [-0.2, 0) is 19.1 Å². The number of carbonyl (C=O) groups is 3. The third-order valence-electron chi connectivity index (χ3n) is 9.14. The summed E-state index contributed by atoms with van der Waals surface area (Å²) in [5.74, 6) is 7.30. The van der Waals surface area contributed by atoms with Crippen molar-refractivity contribution >= 4 is 45.9 Å². The standard InChI is InChI=1S/C23H24N2O5.C13H14N2O2.C10H12O4/c1-27-19-11-15(12-20(28-2)22(19)30-4)14-24-25-23(26)21(29-3)18-10-9-16-7-5-6-8-17(16)13-18;1-17-12(13(16)15-14)11-7-6-9-4-2-3-5-10(9)8-11;1-12-8-4-7(6-11)5-9(13-2)10(8)14-3/h5-14,21H,1-4H3,(H,25,26);2-8,12H,14H2,1H3,(H,15,16);4-6H,1-3H3/b24-14+;;. The Morgan fingerprint density at radius 2 is 0.918 bits per heavy atom. The van der Waals surface area contributed by atoms with Gasteiger partial charge in [-0.15, -0.1) is 0 Å². The fourth-order valence-corrected chi connectivity index (χ4v) is 6.18. The second-order valence-electron chi connectivity index (χ2n) is 12.7. The zero-order valence-electron chi connectivity index (χ0n) is 35.2. The molecule has 0 aliphatic carbocycles. The van der Waals surface area contributed by atoms with Gasteiger partial charge in [-0.25, -0.2) is 11.3 Å². The van der Waals surface area contributed by atoms with Crippen LogP contribution in [0, 0.1) is 0 Å². The van der Waals surface area contributed by atoms with Crippen LogP contribution < -0.4 is 45.1 Å². The average Bonchev–Trinajstić information content (AvgIpc) is 3.31. The third-order valence-corrected chi connectivity index (χ3v) is 9.14. The Bertz CT molecular complexity index is 2390. The number of benzene rings is 6. The predicted molar refractivity (Wildman–Crippen MR) is 233 cm³/mol. The molecular weight excluding hydrogens is 785 g/mol. The molecule has 0 aliphatic rings. The van der Waals surface area contributed by atoms with E-state index in [1.807, 2.05) is 84.9 Å². The molecule has 2 atom stereocenters. The van der Waals surface area contributed by atoms with Gasteiger partial charge in [0.2, 0.25) is 11.5 Å². The first-order valence-electron chi connectivity index (χ1n) is 18.5. The molecule has 0 spiro atoms. The zero-order valence-corrected chi connectivity index (χ0v) is 35.2. The molecule has 15 heteroatoms. The molecular formula is C46H50N4O11. The third kappa shape index (κ3) is 11.9. The van der Waals surface area contributed by atoms with Gasteiger partial charge in [-0.2, -0.15) is 5.10 Å². The van der Waals surface area contributed by atoms with Gasteiger partial charge >= 0.3 is 0 Å². The lowest BCUT2D eigenvalue weighted by Gasteiger charge is -2.15. The number of methoxy groups -OCH3 is 8. The van der Waals surface area contributed by atoms with Crippen LogP contribution in [0.3, 0.4) is 0 Å². The first kappa shape index (κ1) is 46.5. The molecule has 2 amide bonds. The molecule has 0 aromatic heterocycles. The highest BCUT2D eigenvalue weighted by Crippen LogP contribution is 2.38. The number of ether oxygens (including phenoxy) is 8. The van der Waals surface area contributed by atoms with Crippen LogP contribution in [0.2, 0.25) is 0 Å². The van der Waals surface area contributed by atoms with E-state index < -0.39 is 12.2 Å². The summed E-state index contributed by atoms with van der Waals surface area (Å²) in [5, 5.41) is 8.37. The summed E-state index contributed by atoms with van der Waals surface area (Å²) >= 11 is 0. The summed E-state index contributed by atoms with van der Waals surface area (Å²) in [6.45, 7) is 0. The molecule has 4 N–H and O–H groups in total. The highest BCUT2D eigenvalue weighted by Gasteiger charge is 2.21. The number of hydrazone groups is 1. The van der Waals surface area contributed by atoms with E-state index in [0.29, 0.717) is 45.6 Å². The van der Waals surface area contributed by atoms with E-state index >= 15 is 0 Å². The Labute approximate surface area is 354 Å². The van der Waals surface area contributed by atoms with Crippen molar-refractivity contribution < 1.29 is 52.3 Å². The van der Waals surface area contributed by atoms with Crippen molar-refractivity contribution in [1.82, 2.24) is 10.9 Å². The molecule has 6 rings (SSSR count). The number of hydrazine groups is 1. The molecule has 6 aromatic rings. The smallest absolute Gasteiger partial charge is 0.273 e. The maximum Gasteiger partial charge on any atom is 0.273 e. The SMILES string of the molecule is COC(C(=O)NN)c1ccc2ccccc2c1.COc1cc(/C=N/NC(=O)C(OC)c2ccc3ccccc3c2)cc(OC)c1OC.COc1cc(C=O)cc(OC)c1OC. The second kappa shape index (κ2) is 23.4. The summed E-state index contributed by atoms with van der Waals surface area (Å²) in [6, 6.07) is 34.0. The van der Waals surface area contributed by atoms with E-state index in [1.54, 1.807) is 24.3 Å². The van der Waals surface area contributed by atoms with Crippen LogP contribution in [0.25, 0.3) is 21.5 Å². The number of hydrogen-bond donors (Lipinski definition) is 3. The number of hydrogen-bond acceptors (Lipinski definition) is 13. The topological polar surface area (TPSA) is 187 Å². The number of aldehydes is 1. The van der Waals surface area contributed by atoms with Crippen molar-refractivity contribution in [3.05, 3.63) is 131 Å². The number of nitrogens with zero attached hydrogens (tertiary/aromatic N) is 1. The largest absolute Gasteiger partial charge is 0.493 e. The lowest BCUT2D eigenvalue weighted by atomic mass is 10.0. The summed E-state index contributed by atoms with van der Waals surface area (Å²) < 4.78 is 41.7. The molecule has 0 aliphatic heterocycles. The Kier molecular flexibility index (Phi) is 17.8. The maximum absolute atomic E-state index is 12.6. The number of fused-ring (bicyclic) bond motifs is 2. The minimum absolute atomic E-state index is 0.359. The number of carbonyl (C=O) groups excluding carboxylic acids is 3. The Hall–Kier alpha value is -7.20. The van der Waals surface area contributed by atoms with E-state index in [9.17, 15) is 14.4 Å². The van der Waals surface area contributed by atoms with Gasteiger partial charge in [-0.1, -0.05) is 72.8 Å². The van der Waals surface area contributed by atoms with E-state index in [4.69, 9.17) is 43.7 Å². The molecule has 0 radical (unpaired) electrons. The minimum Gasteiger partial charge on any atom is -0.493 e. The van der Waals surface area contributed by atoms with Crippen LogP contribution in [0.4, 0.5) is 0 Å².